The van der Waals surface area contributed by atoms with Gasteiger partial charge in [0.1, 0.15) is 5.60 Å². The molecule has 0 saturated carbocycles. The van der Waals surface area contributed by atoms with Gasteiger partial charge in [-0.2, -0.15) is 0 Å². The highest BCUT2D eigenvalue weighted by Crippen LogP contribution is 2.18. The predicted molar refractivity (Wildman–Crippen MR) is 80.0 cm³/mol. The fraction of sp³-hybridized carbons (Fsp3) is 0.467. The highest BCUT2D eigenvalue weighted by Gasteiger charge is 2.22. The summed E-state index contributed by atoms with van der Waals surface area (Å²) in [7, 11) is 0. The van der Waals surface area contributed by atoms with E-state index in [9.17, 15) is 9.59 Å². The normalized spacial score (nSPS) is 12.4. The van der Waals surface area contributed by atoms with E-state index in [2.05, 4.69) is 5.32 Å². The van der Waals surface area contributed by atoms with Crippen LogP contribution in [0.2, 0.25) is 0 Å². The van der Waals surface area contributed by atoms with Crippen LogP contribution in [0.1, 0.15) is 38.8 Å². The molecule has 0 fully saturated rings. The molecule has 1 amide bonds. The Bertz CT molecular complexity index is 470. The summed E-state index contributed by atoms with van der Waals surface area (Å²) in [4.78, 5) is 23.5. The van der Waals surface area contributed by atoms with E-state index in [0.29, 0.717) is 0 Å². The van der Waals surface area contributed by atoms with Crippen LogP contribution in [0.3, 0.4) is 0 Å². The van der Waals surface area contributed by atoms with E-state index in [1.54, 1.807) is 20.8 Å². The van der Waals surface area contributed by atoms with Gasteiger partial charge in [-0.05, 0) is 26.3 Å². The average Bonchev–Trinajstić information content (AvgIpc) is 2.37. The van der Waals surface area contributed by atoms with Crippen LogP contribution in [-0.4, -0.2) is 23.7 Å². The minimum absolute atomic E-state index is 0.0179. The van der Waals surface area contributed by atoms with E-state index >= 15 is 0 Å². The zero-order chi connectivity index (χ0) is 15.9. The summed E-state index contributed by atoms with van der Waals surface area (Å²) in [6.45, 7) is 5.31. The van der Waals surface area contributed by atoms with Gasteiger partial charge in [0.2, 0.25) is 0 Å². The van der Waals surface area contributed by atoms with E-state index in [4.69, 9.17) is 21.1 Å². The van der Waals surface area contributed by atoms with E-state index in [-0.39, 0.29) is 12.5 Å². The quantitative estimate of drug-likeness (QED) is 0.668. The van der Waals surface area contributed by atoms with Gasteiger partial charge in [0.05, 0.1) is 12.5 Å². The lowest BCUT2D eigenvalue weighted by atomic mass is 10.0. The molecule has 1 N–H and O–H groups in total. The number of hydrogen-bond acceptors (Lipinski definition) is 4. The third kappa shape index (κ3) is 6.99. The van der Waals surface area contributed by atoms with Crippen molar-refractivity contribution in [3.63, 3.8) is 0 Å². The number of halogens is 1. The Balaban J connectivity index is 2.78. The highest BCUT2D eigenvalue weighted by molar-refractivity contribution is 6.17. The van der Waals surface area contributed by atoms with Crippen molar-refractivity contribution >= 4 is 23.7 Å². The maximum atomic E-state index is 11.9. The fourth-order valence-electron chi connectivity index (χ4n) is 1.67. The van der Waals surface area contributed by atoms with Crippen LogP contribution < -0.4 is 5.32 Å². The number of carbonyl (C=O) groups is 2. The molecule has 0 aliphatic rings. The standard InChI is InChI=1S/C15H20ClNO4/c1-15(2,3)21-14(19)17-12(9-13(18)20-10-16)11-7-5-4-6-8-11/h4-8,12H,9-10H2,1-3H3,(H,17,19). The molecule has 21 heavy (non-hydrogen) atoms. The van der Waals surface area contributed by atoms with Crippen LogP contribution in [0, 0.1) is 0 Å². The van der Waals surface area contributed by atoms with Crippen molar-refractivity contribution < 1.29 is 19.1 Å². The number of alkyl halides is 1. The average molecular weight is 314 g/mol. The minimum atomic E-state index is -0.609. The second-order valence-electron chi connectivity index (χ2n) is 5.44. The molecule has 1 unspecified atom stereocenters. The molecule has 0 bridgehead atoms. The Labute approximate surface area is 129 Å². The number of amides is 1. The van der Waals surface area contributed by atoms with E-state index < -0.39 is 23.7 Å². The number of esters is 1. The number of ether oxygens (including phenoxy) is 2. The summed E-state index contributed by atoms with van der Waals surface area (Å²) in [5.41, 5.74) is 0.178. The van der Waals surface area contributed by atoms with Crippen LogP contribution in [0.25, 0.3) is 0 Å². The number of alkyl carbamates (subject to hydrolysis) is 1. The largest absolute Gasteiger partial charge is 0.449 e. The number of hydrogen-bond donors (Lipinski definition) is 1. The zero-order valence-electron chi connectivity index (χ0n) is 12.4. The van der Waals surface area contributed by atoms with Gasteiger partial charge in [-0.3, -0.25) is 4.79 Å². The number of rotatable bonds is 5. The van der Waals surface area contributed by atoms with Gasteiger partial charge in [0.25, 0.3) is 0 Å². The molecule has 5 nitrogen and oxygen atoms in total. The Kier molecular flexibility index (Phi) is 6.49. The molecule has 1 aromatic rings. The van der Waals surface area contributed by atoms with Crippen LogP contribution in [0.5, 0.6) is 0 Å². The van der Waals surface area contributed by atoms with E-state index in [1.165, 1.54) is 0 Å². The molecule has 0 spiro atoms. The molecule has 0 aliphatic carbocycles. The van der Waals surface area contributed by atoms with Crippen molar-refractivity contribution in [1.82, 2.24) is 5.32 Å². The Morgan fingerprint density at radius 3 is 2.38 bits per heavy atom. The summed E-state index contributed by atoms with van der Waals surface area (Å²) in [5, 5.41) is 2.67. The summed E-state index contributed by atoms with van der Waals surface area (Å²) < 4.78 is 9.91. The molecule has 1 atom stereocenters. The fourth-order valence-corrected chi connectivity index (χ4v) is 1.80. The first-order valence-corrected chi connectivity index (χ1v) is 7.11. The van der Waals surface area contributed by atoms with Crippen LogP contribution in [0.15, 0.2) is 30.3 Å². The second-order valence-corrected chi connectivity index (χ2v) is 5.66. The number of carbonyl (C=O) groups excluding carboxylic acids is 2. The van der Waals surface area contributed by atoms with Gasteiger partial charge in [0.15, 0.2) is 6.07 Å². The van der Waals surface area contributed by atoms with E-state index in [1.807, 2.05) is 30.3 Å². The summed E-state index contributed by atoms with van der Waals surface area (Å²) in [6, 6.07) is 8.39. The first-order chi connectivity index (χ1) is 9.81. The second kappa shape index (κ2) is 7.88. The molecular weight excluding hydrogens is 294 g/mol. The maximum absolute atomic E-state index is 11.9. The number of nitrogens with one attached hydrogen (secondary N) is 1. The third-order valence-electron chi connectivity index (χ3n) is 2.48. The molecule has 6 heteroatoms. The van der Waals surface area contributed by atoms with Crippen LogP contribution in [0.4, 0.5) is 4.79 Å². The van der Waals surface area contributed by atoms with Crippen LogP contribution in [-0.2, 0) is 14.3 Å². The maximum Gasteiger partial charge on any atom is 0.408 e. The first kappa shape index (κ1) is 17.3. The Morgan fingerprint density at radius 2 is 1.86 bits per heavy atom. The Morgan fingerprint density at radius 1 is 1.24 bits per heavy atom. The summed E-state index contributed by atoms with van der Waals surface area (Å²) >= 11 is 5.36. The molecule has 1 rings (SSSR count). The van der Waals surface area contributed by atoms with Crippen molar-refractivity contribution in [1.29, 1.82) is 0 Å². The molecule has 116 valence electrons. The third-order valence-corrected chi connectivity index (χ3v) is 2.59. The van der Waals surface area contributed by atoms with Crippen molar-refractivity contribution in [2.24, 2.45) is 0 Å². The van der Waals surface area contributed by atoms with Gasteiger partial charge >= 0.3 is 12.1 Å². The van der Waals surface area contributed by atoms with Crippen LogP contribution >= 0.6 is 11.6 Å². The lowest BCUT2D eigenvalue weighted by molar-refractivity contribution is -0.142. The topological polar surface area (TPSA) is 64.6 Å². The Hall–Kier alpha value is -1.75. The van der Waals surface area contributed by atoms with Gasteiger partial charge in [-0.25, -0.2) is 4.79 Å². The van der Waals surface area contributed by atoms with Gasteiger partial charge in [-0.1, -0.05) is 41.9 Å². The molecule has 1 aromatic carbocycles. The first-order valence-electron chi connectivity index (χ1n) is 6.58. The monoisotopic (exact) mass is 313 g/mol. The van der Waals surface area contributed by atoms with E-state index in [0.717, 1.165) is 5.56 Å². The SMILES string of the molecule is CC(C)(C)OC(=O)NC(CC(=O)OCCl)c1ccccc1. The van der Waals surface area contributed by atoms with Crippen molar-refractivity contribution in [3.8, 4) is 0 Å². The van der Waals surface area contributed by atoms with Crippen molar-refractivity contribution in [2.75, 3.05) is 6.07 Å². The van der Waals surface area contributed by atoms with Gasteiger partial charge in [-0.15, -0.1) is 0 Å². The minimum Gasteiger partial charge on any atom is -0.449 e. The molecule has 0 aliphatic heterocycles. The van der Waals surface area contributed by atoms with Crippen molar-refractivity contribution in [3.05, 3.63) is 35.9 Å². The van der Waals surface area contributed by atoms with Gasteiger partial charge < -0.3 is 14.8 Å². The predicted octanol–water partition coefficient (Wildman–Crippen LogP) is 3.38. The summed E-state index contributed by atoms with van der Waals surface area (Å²) in [5.74, 6) is -0.491. The van der Waals surface area contributed by atoms with Gasteiger partial charge in [0, 0.05) is 0 Å². The zero-order valence-corrected chi connectivity index (χ0v) is 13.1. The van der Waals surface area contributed by atoms with Crippen molar-refractivity contribution in [2.45, 2.75) is 38.8 Å². The molecule has 0 saturated heterocycles. The summed E-state index contributed by atoms with van der Waals surface area (Å²) in [6.07, 6.45) is -0.606. The lowest BCUT2D eigenvalue weighted by Gasteiger charge is -2.23. The molecule has 0 heterocycles. The lowest BCUT2D eigenvalue weighted by Crippen LogP contribution is -2.36. The highest BCUT2D eigenvalue weighted by atomic mass is 35.5. The number of benzene rings is 1. The molecule has 0 radical (unpaired) electrons. The molecular formula is C15H20ClNO4. The smallest absolute Gasteiger partial charge is 0.408 e. The molecule has 0 aromatic heterocycles.